The molecule has 0 unspecified atom stereocenters. The van der Waals surface area contributed by atoms with Crippen LogP contribution in [0.5, 0.6) is 0 Å². The number of nitrogens with zero attached hydrogens (tertiary/aromatic N) is 2. The highest BCUT2D eigenvalue weighted by Gasteiger charge is 2.32. The fourth-order valence-corrected chi connectivity index (χ4v) is 6.06. The maximum Gasteiger partial charge on any atom is 0.185 e. The van der Waals surface area contributed by atoms with Gasteiger partial charge in [-0.25, -0.2) is 17.8 Å². The van der Waals surface area contributed by atoms with Crippen LogP contribution in [0.25, 0.3) is 11.3 Å². The third-order valence-electron chi connectivity index (χ3n) is 5.13. The molecule has 1 aliphatic heterocycles. The van der Waals surface area contributed by atoms with Crippen LogP contribution in [0.1, 0.15) is 18.4 Å². The second kappa shape index (κ2) is 7.64. The Balaban J connectivity index is 1.44. The van der Waals surface area contributed by atoms with Gasteiger partial charge in [-0.1, -0.05) is 29.8 Å². The number of anilines is 1. The summed E-state index contributed by atoms with van der Waals surface area (Å²) >= 11 is 1.59. The van der Waals surface area contributed by atoms with Crippen molar-refractivity contribution >= 4 is 26.3 Å². The van der Waals surface area contributed by atoms with E-state index in [0.29, 0.717) is 25.9 Å². The molecule has 1 fully saturated rings. The molecule has 0 aliphatic carbocycles. The highest BCUT2D eigenvalue weighted by atomic mass is 32.2. The average molecular weight is 417 g/mol. The van der Waals surface area contributed by atoms with Crippen molar-refractivity contribution in [2.24, 2.45) is 0 Å². The van der Waals surface area contributed by atoms with Gasteiger partial charge in [0, 0.05) is 24.0 Å². The average Bonchev–Trinajstić information content (AvgIpc) is 3.19. The number of hydrogen-bond donors (Lipinski definition) is 0. The molecule has 0 radical (unpaired) electrons. The number of aryl methyl sites for hydroxylation is 1. The molecule has 2 heterocycles. The maximum absolute atomic E-state index is 13.1. The second-order valence-electron chi connectivity index (χ2n) is 7.07. The molecule has 0 bridgehead atoms. The van der Waals surface area contributed by atoms with Crippen LogP contribution in [-0.2, 0) is 9.84 Å². The van der Waals surface area contributed by atoms with E-state index in [2.05, 4.69) is 36.1 Å². The lowest BCUT2D eigenvalue weighted by Crippen LogP contribution is -2.39. The van der Waals surface area contributed by atoms with E-state index < -0.39 is 20.9 Å². The highest BCUT2D eigenvalue weighted by molar-refractivity contribution is 7.92. The number of rotatable bonds is 4. The van der Waals surface area contributed by atoms with E-state index in [1.54, 1.807) is 11.3 Å². The van der Waals surface area contributed by atoms with E-state index >= 15 is 0 Å². The third-order valence-corrected chi connectivity index (χ3v) is 8.31. The minimum absolute atomic E-state index is 0.197. The summed E-state index contributed by atoms with van der Waals surface area (Å²) in [5, 5.41) is 2.53. The fraction of sp³-hybridized carbons (Fsp3) is 0.286. The molecular formula is C21H21FN2O2S2. The molecule has 2 aromatic carbocycles. The minimum Gasteiger partial charge on any atom is -0.348 e. The van der Waals surface area contributed by atoms with E-state index in [4.69, 9.17) is 4.98 Å². The van der Waals surface area contributed by atoms with Crippen LogP contribution in [-0.4, -0.2) is 31.7 Å². The number of sulfone groups is 1. The van der Waals surface area contributed by atoms with Crippen molar-refractivity contribution in [2.45, 2.75) is 29.9 Å². The van der Waals surface area contributed by atoms with Gasteiger partial charge in [0.05, 0.1) is 15.8 Å². The van der Waals surface area contributed by atoms with Crippen LogP contribution in [0.3, 0.4) is 0 Å². The smallest absolute Gasteiger partial charge is 0.185 e. The zero-order valence-electron chi connectivity index (χ0n) is 15.5. The molecule has 0 spiro atoms. The lowest BCUT2D eigenvalue weighted by Gasteiger charge is -2.31. The molecule has 4 rings (SSSR count). The van der Waals surface area contributed by atoms with Crippen molar-refractivity contribution in [3.8, 4) is 11.3 Å². The van der Waals surface area contributed by atoms with Crippen LogP contribution in [0, 0.1) is 12.7 Å². The first kappa shape index (κ1) is 19.1. The Morgan fingerprint density at radius 2 is 1.68 bits per heavy atom. The molecule has 3 aromatic rings. The normalized spacial score (nSPS) is 15.7. The lowest BCUT2D eigenvalue weighted by atomic mass is 10.1. The number of piperidine rings is 1. The summed E-state index contributed by atoms with van der Waals surface area (Å²) in [6, 6.07) is 13.4. The fourth-order valence-electron chi connectivity index (χ4n) is 3.44. The number of thiazole rings is 1. The van der Waals surface area contributed by atoms with Crippen molar-refractivity contribution in [1.82, 2.24) is 4.98 Å². The standard InChI is InChI=1S/C21H21FN2O2S2/c1-15-2-4-16(5-3-15)20-14-27-21(23-20)24-12-10-19(11-13-24)28(25,26)18-8-6-17(22)7-9-18/h2-9,14,19H,10-13H2,1H3. The van der Waals surface area contributed by atoms with Gasteiger partial charge in [-0.3, -0.25) is 0 Å². The van der Waals surface area contributed by atoms with E-state index in [0.717, 1.165) is 16.4 Å². The van der Waals surface area contributed by atoms with E-state index in [1.807, 2.05) is 5.38 Å². The molecule has 4 nitrogen and oxygen atoms in total. The molecule has 1 saturated heterocycles. The van der Waals surface area contributed by atoms with Crippen LogP contribution in [0.2, 0.25) is 0 Å². The first-order valence-electron chi connectivity index (χ1n) is 9.20. The zero-order chi connectivity index (χ0) is 19.7. The second-order valence-corrected chi connectivity index (χ2v) is 10.1. The van der Waals surface area contributed by atoms with Crippen LogP contribution in [0.15, 0.2) is 58.8 Å². The molecule has 0 N–H and O–H groups in total. The Kier molecular flexibility index (Phi) is 5.21. The number of aromatic nitrogens is 1. The van der Waals surface area contributed by atoms with Crippen LogP contribution >= 0.6 is 11.3 Å². The summed E-state index contributed by atoms with van der Waals surface area (Å²) in [7, 11) is -3.44. The van der Waals surface area contributed by atoms with E-state index in [9.17, 15) is 12.8 Å². The molecule has 0 amide bonds. The molecule has 0 saturated carbocycles. The summed E-state index contributed by atoms with van der Waals surface area (Å²) in [6.07, 6.45) is 1.08. The van der Waals surface area contributed by atoms with Gasteiger partial charge in [0.2, 0.25) is 0 Å². The van der Waals surface area contributed by atoms with Crippen LogP contribution < -0.4 is 4.90 Å². The van der Waals surface area contributed by atoms with Crippen molar-refractivity contribution < 1.29 is 12.8 Å². The van der Waals surface area contributed by atoms with Crippen LogP contribution in [0.4, 0.5) is 9.52 Å². The van der Waals surface area contributed by atoms with Gasteiger partial charge in [0.15, 0.2) is 15.0 Å². The largest absolute Gasteiger partial charge is 0.348 e. The van der Waals surface area contributed by atoms with Crippen molar-refractivity contribution in [1.29, 1.82) is 0 Å². The molecule has 0 atom stereocenters. The van der Waals surface area contributed by atoms with Crippen molar-refractivity contribution in [2.75, 3.05) is 18.0 Å². The Hall–Kier alpha value is -2.25. The summed E-state index contributed by atoms with van der Waals surface area (Å²) in [5.74, 6) is -0.429. The first-order valence-corrected chi connectivity index (χ1v) is 11.6. The molecule has 1 aromatic heterocycles. The first-order chi connectivity index (χ1) is 13.4. The number of benzene rings is 2. The van der Waals surface area contributed by atoms with Gasteiger partial charge in [-0.05, 0) is 44.0 Å². The lowest BCUT2D eigenvalue weighted by molar-refractivity contribution is 0.529. The topological polar surface area (TPSA) is 50.3 Å². The van der Waals surface area contributed by atoms with Gasteiger partial charge >= 0.3 is 0 Å². The minimum atomic E-state index is -3.44. The Morgan fingerprint density at radius 1 is 1.04 bits per heavy atom. The van der Waals surface area contributed by atoms with Crippen molar-refractivity contribution in [3.05, 3.63) is 65.3 Å². The summed E-state index contributed by atoms with van der Waals surface area (Å²) in [5.41, 5.74) is 3.24. The molecule has 1 aliphatic rings. The van der Waals surface area contributed by atoms with Gasteiger partial charge < -0.3 is 4.90 Å². The summed E-state index contributed by atoms with van der Waals surface area (Å²) in [4.78, 5) is 7.09. The van der Waals surface area contributed by atoms with Gasteiger partial charge in [0.1, 0.15) is 5.82 Å². The van der Waals surface area contributed by atoms with E-state index in [-0.39, 0.29) is 4.90 Å². The summed E-state index contributed by atoms with van der Waals surface area (Å²) in [6.45, 7) is 3.35. The zero-order valence-corrected chi connectivity index (χ0v) is 17.1. The monoisotopic (exact) mass is 416 g/mol. The molecular weight excluding hydrogens is 395 g/mol. The van der Waals surface area contributed by atoms with Crippen molar-refractivity contribution in [3.63, 3.8) is 0 Å². The van der Waals surface area contributed by atoms with Gasteiger partial charge in [0.25, 0.3) is 0 Å². The number of halogens is 1. The predicted molar refractivity (Wildman–Crippen MR) is 111 cm³/mol. The quantitative estimate of drug-likeness (QED) is 0.579. The maximum atomic E-state index is 13.1. The Labute approximate surface area is 168 Å². The molecule has 146 valence electrons. The summed E-state index contributed by atoms with van der Waals surface area (Å²) < 4.78 is 38.7. The molecule has 7 heteroatoms. The van der Waals surface area contributed by atoms with Gasteiger partial charge in [-0.15, -0.1) is 11.3 Å². The Bertz CT molecular complexity index is 1050. The number of hydrogen-bond acceptors (Lipinski definition) is 5. The third kappa shape index (κ3) is 3.82. The van der Waals surface area contributed by atoms with Gasteiger partial charge in [-0.2, -0.15) is 0 Å². The highest BCUT2D eigenvalue weighted by Crippen LogP contribution is 2.31. The molecule has 28 heavy (non-hydrogen) atoms. The Morgan fingerprint density at radius 3 is 2.32 bits per heavy atom. The predicted octanol–water partition coefficient (Wildman–Crippen LogP) is 4.70. The van der Waals surface area contributed by atoms with E-state index in [1.165, 1.54) is 29.8 Å². The SMILES string of the molecule is Cc1ccc(-c2csc(N3CCC(S(=O)(=O)c4ccc(F)cc4)CC3)n2)cc1.